The lowest BCUT2D eigenvalue weighted by Crippen LogP contribution is -2.15. The van der Waals surface area contributed by atoms with Crippen LogP contribution in [0, 0.1) is 0 Å². The quantitative estimate of drug-likeness (QED) is 0.0752. The van der Waals surface area contributed by atoms with Crippen LogP contribution in [0.5, 0.6) is 0 Å². The average Bonchev–Trinajstić information content (AvgIpc) is 1.51. The van der Waals surface area contributed by atoms with E-state index < -0.39 is 0 Å². The minimum absolute atomic E-state index is 1.01. The molecule has 0 fully saturated rings. The van der Waals surface area contributed by atoms with Gasteiger partial charge in [-0.2, -0.15) is 0 Å². The van der Waals surface area contributed by atoms with E-state index in [9.17, 15) is 0 Å². The van der Waals surface area contributed by atoms with E-state index >= 15 is 0 Å². The molecular formula is C86H61N5. The van der Waals surface area contributed by atoms with Crippen LogP contribution in [-0.2, 0) is 0 Å². The maximum Gasteiger partial charge on any atom is 0.0620 e. The summed E-state index contributed by atoms with van der Waals surface area (Å²) < 4.78 is 2.40. The molecule has 0 N–H and O–H groups in total. The third-order valence-electron chi connectivity index (χ3n) is 17.5. The van der Waals surface area contributed by atoms with Crippen LogP contribution < -0.4 is 19.6 Å². The van der Waals surface area contributed by atoms with Gasteiger partial charge in [0.1, 0.15) is 0 Å². The number of benzene rings is 15. The van der Waals surface area contributed by atoms with Gasteiger partial charge in [-0.15, -0.1) is 0 Å². The molecule has 1 heterocycles. The number of para-hydroxylation sites is 7. The summed E-state index contributed by atoms with van der Waals surface area (Å²) in [6, 6.07) is 134. The second kappa shape index (κ2) is 23.8. The van der Waals surface area contributed by atoms with Gasteiger partial charge >= 0.3 is 0 Å². The first-order chi connectivity index (χ1) is 45.2. The lowest BCUT2D eigenvalue weighted by molar-refractivity contribution is 1.18. The van der Waals surface area contributed by atoms with Crippen molar-refractivity contribution in [1.82, 2.24) is 4.57 Å². The van der Waals surface area contributed by atoms with Gasteiger partial charge in [-0.1, -0.05) is 212 Å². The molecule has 0 aliphatic rings. The summed E-state index contributed by atoms with van der Waals surface area (Å²) in [5.41, 5.74) is 20.6. The molecule has 0 spiro atoms. The molecule has 16 aromatic rings. The van der Waals surface area contributed by atoms with E-state index in [1.54, 1.807) is 0 Å². The summed E-state index contributed by atoms with van der Waals surface area (Å²) >= 11 is 0. The number of anilines is 12. The molecule has 0 radical (unpaired) electrons. The second-order valence-corrected chi connectivity index (χ2v) is 22.9. The largest absolute Gasteiger partial charge is 0.311 e. The fraction of sp³-hybridized carbons (Fsp3) is 0. The smallest absolute Gasteiger partial charge is 0.0620 e. The molecule has 0 atom stereocenters. The minimum atomic E-state index is 1.01. The van der Waals surface area contributed by atoms with E-state index in [1.165, 1.54) is 10.8 Å². The van der Waals surface area contributed by atoms with Gasteiger partial charge in [0.2, 0.25) is 0 Å². The summed E-state index contributed by atoms with van der Waals surface area (Å²) in [5.74, 6) is 0. The number of hydrogen-bond acceptors (Lipinski definition) is 4. The van der Waals surface area contributed by atoms with Crippen molar-refractivity contribution in [2.45, 2.75) is 0 Å². The zero-order chi connectivity index (χ0) is 60.5. The predicted molar refractivity (Wildman–Crippen MR) is 385 cm³/mol. The van der Waals surface area contributed by atoms with Crippen molar-refractivity contribution in [3.63, 3.8) is 0 Å². The van der Waals surface area contributed by atoms with E-state index in [-0.39, 0.29) is 0 Å². The highest BCUT2D eigenvalue weighted by Crippen LogP contribution is 2.54. The molecule has 0 amide bonds. The third kappa shape index (κ3) is 10.2. The van der Waals surface area contributed by atoms with Gasteiger partial charge < -0.3 is 24.2 Å². The van der Waals surface area contributed by atoms with E-state index in [4.69, 9.17) is 0 Å². The molecule has 5 heteroatoms. The van der Waals surface area contributed by atoms with Crippen LogP contribution in [0.2, 0.25) is 0 Å². The molecule has 91 heavy (non-hydrogen) atoms. The fourth-order valence-corrected chi connectivity index (χ4v) is 13.3. The maximum absolute atomic E-state index is 2.51. The van der Waals surface area contributed by atoms with Crippen molar-refractivity contribution in [3.8, 4) is 27.9 Å². The summed E-state index contributed by atoms with van der Waals surface area (Å²) in [7, 11) is 0. The Balaban J connectivity index is 0.993. The predicted octanol–water partition coefficient (Wildman–Crippen LogP) is 24.3. The van der Waals surface area contributed by atoms with Crippen molar-refractivity contribution >= 4 is 112 Å². The number of nitrogens with zero attached hydrogens (tertiary/aromatic N) is 5. The molecular weight excluding hydrogens is 1100 g/mol. The van der Waals surface area contributed by atoms with Crippen molar-refractivity contribution < 1.29 is 0 Å². The lowest BCUT2D eigenvalue weighted by Gasteiger charge is -2.34. The number of hydrogen-bond donors (Lipinski definition) is 0. The molecule has 0 bridgehead atoms. The Hall–Kier alpha value is -12.2. The number of aromatic nitrogens is 1. The Bertz CT molecular complexity index is 4980. The molecule has 0 saturated heterocycles. The molecule has 430 valence electrons. The lowest BCUT2D eigenvalue weighted by atomic mass is 9.91. The van der Waals surface area contributed by atoms with Gasteiger partial charge in [-0.3, -0.25) is 0 Å². The summed E-state index contributed by atoms with van der Waals surface area (Å²) in [4.78, 5) is 9.67. The topological polar surface area (TPSA) is 17.9 Å². The van der Waals surface area contributed by atoms with Crippen LogP contribution in [0.3, 0.4) is 0 Å². The highest BCUT2D eigenvalue weighted by atomic mass is 15.2. The van der Waals surface area contributed by atoms with Gasteiger partial charge in [0.25, 0.3) is 0 Å². The van der Waals surface area contributed by atoms with Gasteiger partial charge in [-0.05, 0) is 180 Å². The van der Waals surface area contributed by atoms with Crippen LogP contribution in [-0.4, -0.2) is 4.57 Å². The van der Waals surface area contributed by atoms with Gasteiger partial charge in [-0.25, -0.2) is 0 Å². The molecule has 0 aliphatic carbocycles. The number of fused-ring (bicyclic) bond motifs is 5. The second-order valence-electron chi connectivity index (χ2n) is 22.9. The standard InChI is InChI=1S/C86H61N5/c1-9-27-62(28-10-1)64-46-57-79-81(59-64)85(89(74-51-47-72(48-52-74)87(66-31-13-3-14-32-66)67-33-15-4-16-34-67)75-53-49-73(50-54-75)88(68-35-17-5-18-36-68)69-37-19-6-20-38-69)78-56-45-65(63-29-11-2-12-30-63)60-82(78)86(79)90(70-39-21-7-22-40-70)76-55-58-84-80(61-76)77-43-25-26-44-83(77)91(84)71-41-23-8-24-42-71/h1-61H. The zero-order valence-electron chi connectivity index (χ0n) is 50.0. The molecule has 0 unspecified atom stereocenters. The Morgan fingerprint density at radius 1 is 0.165 bits per heavy atom. The highest BCUT2D eigenvalue weighted by Gasteiger charge is 2.28. The Morgan fingerprint density at radius 2 is 0.462 bits per heavy atom. The van der Waals surface area contributed by atoms with Crippen LogP contribution in [0.4, 0.5) is 68.2 Å². The minimum Gasteiger partial charge on any atom is -0.311 e. The molecule has 15 aromatic carbocycles. The SMILES string of the molecule is c1ccc(-c2ccc3c(N(c4ccccc4)c4ccc5c(c4)c4ccccc4n5-c4ccccc4)c4cc(-c5ccccc5)ccc4c(N(c4ccc(N(c5ccccc5)c5ccccc5)cc4)c4ccc(N(c5ccccc5)c5ccccc5)cc4)c3c2)cc1. The van der Waals surface area contributed by atoms with Crippen LogP contribution >= 0.6 is 0 Å². The Kier molecular flexibility index (Phi) is 14.2. The molecule has 5 nitrogen and oxygen atoms in total. The van der Waals surface area contributed by atoms with Crippen molar-refractivity contribution in [1.29, 1.82) is 0 Å². The first kappa shape index (κ1) is 54.2. The zero-order valence-corrected chi connectivity index (χ0v) is 50.0. The van der Waals surface area contributed by atoms with E-state index in [0.29, 0.717) is 0 Å². The average molecular weight is 1160 g/mol. The van der Waals surface area contributed by atoms with Gasteiger partial charge in [0.15, 0.2) is 0 Å². The van der Waals surface area contributed by atoms with Crippen molar-refractivity contribution in [2.24, 2.45) is 0 Å². The van der Waals surface area contributed by atoms with Gasteiger partial charge in [0, 0.05) is 94.9 Å². The van der Waals surface area contributed by atoms with Crippen LogP contribution in [0.25, 0.3) is 71.3 Å². The van der Waals surface area contributed by atoms with Crippen molar-refractivity contribution in [3.05, 3.63) is 370 Å². The van der Waals surface area contributed by atoms with Crippen LogP contribution in [0.15, 0.2) is 370 Å². The molecule has 0 aliphatic heterocycles. The first-order valence-electron chi connectivity index (χ1n) is 31.1. The third-order valence-corrected chi connectivity index (χ3v) is 17.5. The van der Waals surface area contributed by atoms with E-state index in [0.717, 1.165) is 129 Å². The molecule has 1 aromatic heterocycles. The van der Waals surface area contributed by atoms with Crippen molar-refractivity contribution in [2.75, 3.05) is 19.6 Å². The fourth-order valence-electron chi connectivity index (χ4n) is 13.3. The normalized spacial score (nSPS) is 11.3. The molecule has 0 saturated carbocycles. The first-order valence-corrected chi connectivity index (χ1v) is 31.1. The highest BCUT2D eigenvalue weighted by molar-refractivity contribution is 6.25. The summed E-state index contributed by atoms with van der Waals surface area (Å²) in [6.07, 6.45) is 0. The Morgan fingerprint density at radius 3 is 0.868 bits per heavy atom. The Labute approximate surface area is 530 Å². The number of rotatable bonds is 15. The van der Waals surface area contributed by atoms with Gasteiger partial charge in [0.05, 0.1) is 22.4 Å². The maximum atomic E-state index is 2.51. The van der Waals surface area contributed by atoms with Crippen LogP contribution in [0.1, 0.15) is 0 Å². The summed E-state index contributed by atoms with van der Waals surface area (Å²) in [5, 5.41) is 6.75. The van der Waals surface area contributed by atoms with E-state index in [1.807, 2.05) is 0 Å². The summed E-state index contributed by atoms with van der Waals surface area (Å²) in [6.45, 7) is 0. The molecule has 16 rings (SSSR count). The monoisotopic (exact) mass is 1160 g/mol. The van der Waals surface area contributed by atoms with E-state index in [2.05, 4.69) is 394 Å².